The van der Waals surface area contributed by atoms with Crippen LogP contribution in [-0.2, 0) is 13.1 Å². The SMILES string of the molecule is CN(Cc1nc2ccccc2n1Cc1ccc(Br)cc1)C(=O)c1ccco1. The summed E-state index contributed by atoms with van der Waals surface area (Å²) in [6.07, 6.45) is 1.50. The molecule has 5 nitrogen and oxygen atoms in total. The molecule has 0 unspecified atom stereocenters. The van der Waals surface area contributed by atoms with Crippen molar-refractivity contribution in [2.24, 2.45) is 0 Å². The molecule has 0 fully saturated rings. The number of imidazole rings is 1. The monoisotopic (exact) mass is 423 g/mol. The average molecular weight is 424 g/mol. The fraction of sp³-hybridized carbons (Fsp3) is 0.143. The van der Waals surface area contributed by atoms with Gasteiger partial charge in [-0.3, -0.25) is 4.79 Å². The summed E-state index contributed by atoms with van der Waals surface area (Å²) in [6.45, 7) is 1.08. The molecular formula is C21H18BrN3O2. The summed E-state index contributed by atoms with van der Waals surface area (Å²) in [7, 11) is 1.76. The first-order valence-corrected chi connectivity index (χ1v) is 9.38. The van der Waals surface area contributed by atoms with Crippen LogP contribution in [0.3, 0.4) is 0 Å². The third-order valence-electron chi connectivity index (χ3n) is 4.44. The number of hydrogen-bond acceptors (Lipinski definition) is 3. The van der Waals surface area contributed by atoms with Crippen molar-refractivity contribution in [3.05, 3.63) is 88.5 Å². The molecule has 1 amide bonds. The first kappa shape index (κ1) is 17.5. The number of carbonyl (C=O) groups is 1. The molecule has 2 aromatic carbocycles. The van der Waals surface area contributed by atoms with Gasteiger partial charge in [-0.2, -0.15) is 0 Å². The Kier molecular flexibility index (Phi) is 4.81. The van der Waals surface area contributed by atoms with Crippen LogP contribution in [0, 0.1) is 0 Å². The predicted octanol–water partition coefficient (Wildman–Crippen LogP) is 4.71. The number of benzene rings is 2. The van der Waals surface area contributed by atoms with E-state index in [1.54, 1.807) is 24.1 Å². The van der Waals surface area contributed by atoms with Gasteiger partial charge >= 0.3 is 0 Å². The normalized spacial score (nSPS) is 11.0. The summed E-state index contributed by atoms with van der Waals surface area (Å²) >= 11 is 3.47. The lowest BCUT2D eigenvalue weighted by Crippen LogP contribution is -2.27. The molecule has 0 atom stereocenters. The molecule has 0 aliphatic rings. The second-order valence-corrected chi connectivity index (χ2v) is 7.28. The molecule has 0 N–H and O–H groups in total. The highest BCUT2D eigenvalue weighted by Crippen LogP contribution is 2.20. The predicted molar refractivity (Wildman–Crippen MR) is 107 cm³/mol. The Bertz CT molecular complexity index is 1070. The van der Waals surface area contributed by atoms with E-state index in [-0.39, 0.29) is 5.91 Å². The number of fused-ring (bicyclic) bond motifs is 1. The zero-order valence-corrected chi connectivity index (χ0v) is 16.4. The fourth-order valence-electron chi connectivity index (χ4n) is 3.07. The van der Waals surface area contributed by atoms with Gasteiger partial charge in [0.05, 0.1) is 23.8 Å². The summed E-state index contributed by atoms with van der Waals surface area (Å²) in [5.41, 5.74) is 3.14. The minimum atomic E-state index is -0.165. The van der Waals surface area contributed by atoms with Crippen molar-refractivity contribution in [3.63, 3.8) is 0 Å². The molecule has 0 radical (unpaired) electrons. The molecule has 27 heavy (non-hydrogen) atoms. The number of halogens is 1. The second kappa shape index (κ2) is 7.40. The summed E-state index contributed by atoms with van der Waals surface area (Å²) in [4.78, 5) is 18.9. The maximum Gasteiger partial charge on any atom is 0.289 e. The number of nitrogens with zero attached hydrogens (tertiary/aromatic N) is 3. The largest absolute Gasteiger partial charge is 0.459 e. The third-order valence-corrected chi connectivity index (χ3v) is 4.97. The number of amides is 1. The van der Waals surface area contributed by atoms with Crippen LogP contribution in [0.4, 0.5) is 0 Å². The summed E-state index contributed by atoms with van der Waals surface area (Å²) in [5.74, 6) is 0.997. The van der Waals surface area contributed by atoms with Crippen LogP contribution in [0.1, 0.15) is 21.9 Å². The van der Waals surface area contributed by atoms with Crippen LogP contribution >= 0.6 is 15.9 Å². The van der Waals surface area contributed by atoms with Gasteiger partial charge in [0.2, 0.25) is 0 Å². The number of hydrogen-bond donors (Lipinski definition) is 0. The van der Waals surface area contributed by atoms with Crippen molar-refractivity contribution in [1.82, 2.24) is 14.5 Å². The quantitative estimate of drug-likeness (QED) is 0.466. The van der Waals surface area contributed by atoms with Crippen LogP contribution in [0.5, 0.6) is 0 Å². The van der Waals surface area contributed by atoms with Gasteiger partial charge in [-0.25, -0.2) is 4.98 Å². The Balaban J connectivity index is 1.67. The van der Waals surface area contributed by atoms with Gasteiger partial charge in [-0.15, -0.1) is 0 Å². The van der Waals surface area contributed by atoms with Gasteiger partial charge in [-0.1, -0.05) is 40.2 Å². The number of carbonyl (C=O) groups excluding carboxylic acids is 1. The Morgan fingerprint density at radius 1 is 1.11 bits per heavy atom. The van der Waals surface area contributed by atoms with E-state index in [1.807, 2.05) is 30.3 Å². The Morgan fingerprint density at radius 2 is 1.89 bits per heavy atom. The highest BCUT2D eigenvalue weighted by atomic mass is 79.9. The summed E-state index contributed by atoms with van der Waals surface area (Å²) < 4.78 is 8.43. The van der Waals surface area contributed by atoms with Crippen LogP contribution in [0.15, 0.2) is 75.8 Å². The molecule has 0 spiro atoms. The van der Waals surface area contributed by atoms with E-state index in [1.165, 1.54) is 11.8 Å². The average Bonchev–Trinajstić information content (AvgIpc) is 3.32. The highest BCUT2D eigenvalue weighted by molar-refractivity contribution is 9.10. The number of aromatic nitrogens is 2. The Morgan fingerprint density at radius 3 is 2.63 bits per heavy atom. The zero-order chi connectivity index (χ0) is 18.8. The van der Waals surface area contributed by atoms with Crippen molar-refractivity contribution in [2.75, 3.05) is 7.05 Å². The van der Waals surface area contributed by atoms with Crippen molar-refractivity contribution >= 4 is 32.9 Å². The molecule has 0 saturated heterocycles. The van der Waals surface area contributed by atoms with Gasteiger partial charge in [0, 0.05) is 18.1 Å². The minimum absolute atomic E-state index is 0.165. The van der Waals surface area contributed by atoms with E-state index in [4.69, 9.17) is 9.40 Å². The van der Waals surface area contributed by atoms with Gasteiger partial charge in [0.15, 0.2) is 5.76 Å². The molecule has 4 rings (SSSR count). The van der Waals surface area contributed by atoms with Gasteiger partial charge in [-0.05, 0) is 42.0 Å². The zero-order valence-electron chi connectivity index (χ0n) is 14.8. The maximum atomic E-state index is 12.5. The van der Waals surface area contributed by atoms with Gasteiger partial charge in [0.25, 0.3) is 5.91 Å². The lowest BCUT2D eigenvalue weighted by atomic mass is 10.2. The molecule has 2 heterocycles. The Hall–Kier alpha value is -2.86. The number of para-hydroxylation sites is 2. The molecule has 0 saturated carbocycles. The topological polar surface area (TPSA) is 51.3 Å². The van der Waals surface area contributed by atoms with Crippen LogP contribution < -0.4 is 0 Å². The van der Waals surface area contributed by atoms with Crippen LogP contribution in [0.25, 0.3) is 11.0 Å². The highest BCUT2D eigenvalue weighted by Gasteiger charge is 2.18. The molecule has 136 valence electrons. The van der Waals surface area contributed by atoms with E-state index >= 15 is 0 Å². The standard InChI is InChI=1S/C21H18BrN3O2/c1-24(21(26)19-7-4-12-27-19)14-20-23-17-5-2-3-6-18(17)25(20)13-15-8-10-16(22)11-9-15/h2-12H,13-14H2,1H3. The van der Waals surface area contributed by atoms with E-state index in [0.29, 0.717) is 18.8 Å². The lowest BCUT2D eigenvalue weighted by Gasteiger charge is -2.17. The number of rotatable bonds is 5. The lowest BCUT2D eigenvalue weighted by molar-refractivity contribution is 0.0749. The minimum Gasteiger partial charge on any atom is -0.459 e. The molecule has 2 aromatic heterocycles. The van der Waals surface area contributed by atoms with Crippen molar-refractivity contribution in [2.45, 2.75) is 13.1 Å². The first-order chi connectivity index (χ1) is 13.1. The molecule has 0 aliphatic heterocycles. The van der Waals surface area contributed by atoms with Crippen molar-refractivity contribution < 1.29 is 9.21 Å². The molecule has 6 heteroatoms. The van der Waals surface area contributed by atoms with E-state index in [9.17, 15) is 4.79 Å². The van der Waals surface area contributed by atoms with Crippen molar-refractivity contribution in [3.8, 4) is 0 Å². The van der Waals surface area contributed by atoms with Gasteiger partial charge < -0.3 is 13.9 Å². The van der Waals surface area contributed by atoms with E-state index in [2.05, 4.69) is 38.7 Å². The van der Waals surface area contributed by atoms with Crippen molar-refractivity contribution in [1.29, 1.82) is 0 Å². The molecule has 4 aromatic rings. The third kappa shape index (κ3) is 3.66. The molecule has 0 bridgehead atoms. The van der Waals surface area contributed by atoms with Crippen LogP contribution in [0.2, 0.25) is 0 Å². The fourth-order valence-corrected chi connectivity index (χ4v) is 3.33. The molecule has 0 aliphatic carbocycles. The molecular weight excluding hydrogens is 406 g/mol. The second-order valence-electron chi connectivity index (χ2n) is 6.37. The van der Waals surface area contributed by atoms with Gasteiger partial charge in [0.1, 0.15) is 5.82 Å². The maximum absolute atomic E-state index is 12.5. The number of furan rings is 1. The van der Waals surface area contributed by atoms with E-state index in [0.717, 1.165) is 21.3 Å². The van der Waals surface area contributed by atoms with E-state index < -0.39 is 0 Å². The smallest absolute Gasteiger partial charge is 0.289 e. The van der Waals surface area contributed by atoms with Crippen LogP contribution in [-0.4, -0.2) is 27.4 Å². The summed E-state index contributed by atoms with van der Waals surface area (Å²) in [5, 5.41) is 0. The summed E-state index contributed by atoms with van der Waals surface area (Å²) in [6, 6.07) is 19.6. The Labute approximate surface area is 165 Å². The first-order valence-electron chi connectivity index (χ1n) is 8.59.